The maximum absolute atomic E-state index is 5.53. The fraction of sp³-hybridized carbons (Fsp3) is 0.250. The third-order valence-electron chi connectivity index (χ3n) is 4.50. The van der Waals surface area contributed by atoms with E-state index in [4.69, 9.17) is 4.52 Å². The van der Waals surface area contributed by atoms with Gasteiger partial charge in [0.15, 0.2) is 5.76 Å². The molecule has 24 heavy (non-hydrogen) atoms. The first-order chi connectivity index (χ1) is 11.9. The Balaban J connectivity index is 1.35. The number of piperazine rings is 1. The van der Waals surface area contributed by atoms with Crippen molar-refractivity contribution in [2.45, 2.75) is 6.54 Å². The predicted octanol–water partition coefficient (Wildman–Crippen LogP) is 3.66. The van der Waals surface area contributed by atoms with Crippen LogP contribution in [0.25, 0.3) is 11.3 Å². The lowest BCUT2D eigenvalue weighted by Crippen LogP contribution is -2.45. The van der Waals surface area contributed by atoms with Gasteiger partial charge in [0, 0.05) is 43.5 Å². The Labute approximate surface area is 142 Å². The minimum Gasteiger partial charge on any atom is -0.369 e. The molecule has 0 atom stereocenters. The van der Waals surface area contributed by atoms with Crippen LogP contribution in [0.3, 0.4) is 0 Å². The topological polar surface area (TPSA) is 32.5 Å². The zero-order chi connectivity index (χ0) is 16.2. The monoisotopic (exact) mass is 319 g/mol. The van der Waals surface area contributed by atoms with Crippen LogP contribution in [0.4, 0.5) is 5.69 Å². The summed E-state index contributed by atoms with van der Waals surface area (Å²) < 4.78 is 5.53. The molecular formula is C20H21N3O. The van der Waals surface area contributed by atoms with Crippen molar-refractivity contribution in [1.29, 1.82) is 0 Å². The first-order valence-electron chi connectivity index (χ1n) is 8.42. The molecule has 0 aliphatic carbocycles. The average molecular weight is 319 g/mol. The number of hydrogen-bond acceptors (Lipinski definition) is 4. The van der Waals surface area contributed by atoms with Crippen LogP contribution in [-0.4, -0.2) is 36.2 Å². The first kappa shape index (κ1) is 15.0. The maximum Gasteiger partial charge on any atom is 0.151 e. The molecule has 0 bridgehead atoms. The number of hydrogen-bond donors (Lipinski definition) is 0. The second-order valence-electron chi connectivity index (χ2n) is 6.14. The molecule has 1 fully saturated rings. The van der Waals surface area contributed by atoms with Crippen molar-refractivity contribution in [3.63, 3.8) is 0 Å². The summed E-state index contributed by atoms with van der Waals surface area (Å²) in [7, 11) is 0. The third kappa shape index (κ3) is 3.34. The van der Waals surface area contributed by atoms with Crippen LogP contribution in [0.5, 0.6) is 0 Å². The van der Waals surface area contributed by atoms with Crippen LogP contribution in [0.1, 0.15) is 5.76 Å². The van der Waals surface area contributed by atoms with Gasteiger partial charge in [-0.05, 0) is 12.1 Å². The normalized spacial score (nSPS) is 15.6. The minimum atomic E-state index is 0.822. The molecule has 0 N–H and O–H groups in total. The van der Waals surface area contributed by atoms with Crippen molar-refractivity contribution in [2.75, 3.05) is 31.1 Å². The number of rotatable bonds is 4. The summed E-state index contributed by atoms with van der Waals surface area (Å²) in [4.78, 5) is 4.86. The van der Waals surface area contributed by atoms with E-state index in [2.05, 4.69) is 63.5 Å². The molecule has 4 nitrogen and oxygen atoms in total. The molecule has 1 aliphatic heterocycles. The molecule has 0 amide bonds. The summed E-state index contributed by atoms with van der Waals surface area (Å²) in [5.74, 6) is 0.932. The summed E-state index contributed by atoms with van der Waals surface area (Å²) in [5.41, 5.74) is 3.32. The van der Waals surface area contributed by atoms with Crippen molar-refractivity contribution < 1.29 is 4.52 Å². The molecule has 2 aromatic carbocycles. The molecule has 2 heterocycles. The molecule has 4 heteroatoms. The highest BCUT2D eigenvalue weighted by Crippen LogP contribution is 2.21. The average Bonchev–Trinajstić information content (AvgIpc) is 3.12. The Bertz CT molecular complexity index is 762. The Morgan fingerprint density at radius 2 is 1.50 bits per heavy atom. The van der Waals surface area contributed by atoms with E-state index in [1.165, 1.54) is 5.69 Å². The zero-order valence-corrected chi connectivity index (χ0v) is 13.6. The maximum atomic E-state index is 5.53. The second kappa shape index (κ2) is 6.89. The van der Waals surface area contributed by atoms with Crippen LogP contribution in [0, 0.1) is 0 Å². The molecule has 122 valence electrons. The van der Waals surface area contributed by atoms with E-state index in [9.17, 15) is 0 Å². The molecule has 3 aromatic rings. The van der Waals surface area contributed by atoms with E-state index in [1.807, 2.05) is 18.2 Å². The minimum absolute atomic E-state index is 0.822. The lowest BCUT2D eigenvalue weighted by molar-refractivity contribution is 0.220. The van der Waals surface area contributed by atoms with E-state index in [-0.39, 0.29) is 0 Å². The Morgan fingerprint density at radius 3 is 2.21 bits per heavy atom. The summed E-state index contributed by atoms with van der Waals surface area (Å²) >= 11 is 0. The van der Waals surface area contributed by atoms with Gasteiger partial charge >= 0.3 is 0 Å². The highest BCUT2D eigenvalue weighted by atomic mass is 16.5. The highest BCUT2D eigenvalue weighted by Gasteiger charge is 2.18. The summed E-state index contributed by atoms with van der Waals surface area (Å²) in [5, 5.41) is 4.20. The number of aromatic nitrogens is 1. The van der Waals surface area contributed by atoms with Gasteiger partial charge in [-0.15, -0.1) is 0 Å². The van der Waals surface area contributed by atoms with Crippen molar-refractivity contribution >= 4 is 5.69 Å². The van der Waals surface area contributed by atoms with Crippen molar-refractivity contribution in [3.05, 3.63) is 72.5 Å². The molecular weight excluding hydrogens is 298 g/mol. The molecule has 0 saturated carbocycles. The van der Waals surface area contributed by atoms with Gasteiger partial charge in [-0.2, -0.15) is 0 Å². The smallest absolute Gasteiger partial charge is 0.151 e. The first-order valence-corrected chi connectivity index (χ1v) is 8.42. The van der Waals surface area contributed by atoms with E-state index < -0.39 is 0 Å². The van der Waals surface area contributed by atoms with Crippen LogP contribution in [-0.2, 0) is 6.54 Å². The van der Waals surface area contributed by atoms with Gasteiger partial charge in [-0.3, -0.25) is 4.90 Å². The molecule has 0 spiro atoms. The van der Waals surface area contributed by atoms with Crippen LogP contribution < -0.4 is 4.90 Å². The van der Waals surface area contributed by atoms with Crippen LogP contribution >= 0.6 is 0 Å². The standard InChI is InChI=1S/C20H21N3O/c1-3-7-17(8-4-1)20-15-19(24-21-20)16-22-11-13-23(14-12-22)18-9-5-2-6-10-18/h1-10,15H,11-14,16H2. The molecule has 1 aromatic heterocycles. The van der Waals surface area contributed by atoms with Crippen molar-refractivity contribution in [3.8, 4) is 11.3 Å². The summed E-state index contributed by atoms with van der Waals surface area (Å²) in [6.07, 6.45) is 0. The van der Waals surface area contributed by atoms with Gasteiger partial charge in [-0.25, -0.2) is 0 Å². The molecule has 4 rings (SSSR count). The zero-order valence-electron chi connectivity index (χ0n) is 13.6. The van der Waals surface area contributed by atoms with Crippen molar-refractivity contribution in [2.24, 2.45) is 0 Å². The molecule has 0 unspecified atom stereocenters. The Morgan fingerprint density at radius 1 is 0.833 bits per heavy atom. The van der Waals surface area contributed by atoms with Gasteiger partial charge in [0.05, 0.1) is 6.54 Å². The Kier molecular flexibility index (Phi) is 4.30. The number of para-hydroxylation sites is 1. The fourth-order valence-electron chi connectivity index (χ4n) is 3.16. The van der Waals surface area contributed by atoms with E-state index in [0.717, 1.165) is 49.7 Å². The number of nitrogens with zero attached hydrogens (tertiary/aromatic N) is 3. The van der Waals surface area contributed by atoms with Gasteiger partial charge in [0.25, 0.3) is 0 Å². The molecule has 0 radical (unpaired) electrons. The largest absolute Gasteiger partial charge is 0.369 e. The van der Waals surface area contributed by atoms with Crippen LogP contribution in [0.15, 0.2) is 71.3 Å². The van der Waals surface area contributed by atoms with Gasteiger partial charge in [-0.1, -0.05) is 53.7 Å². The van der Waals surface area contributed by atoms with E-state index in [1.54, 1.807) is 0 Å². The molecule has 1 aliphatic rings. The van der Waals surface area contributed by atoms with Crippen molar-refractivity contribution in [1.82, 2.24) is 10.1 Å². The van der Waals surface area contributed by atoms with Crippen LogP contribution in [0.2, 0.25) is 0 Å². The number of anilines is 1. The van der Waals surface area contributed by atoms with E-state index in [0.29, 0.717) is 0 Å². The third-order valence-corrected chi connectivity index (χ3v) is 4.50. The summed E-state index contributed by atoms with van der Waals surface area (Å²) in [6.45, 7) is 4.99. The van der Waals surface area contributed by atoms with Gasteiger partial charge in [0.2, 0.25) is 0 Å². The highest BCUT2D eigenvalue weighted by molar-refractivity contribution is 5.58. The van der Waals surface area contributed by atoms with Gasteiger partial charge < -0.3 is 9.42 Å². The Hall–Kier alpha value is -2.59. The van der Waals surface area contributed by atoms with Gasteiger partial charge in [0.1, 0.15) is 5.69 Å². The number of benzene rings is 2. The molecule has 1 saturated heterocycles. The summed E-state index contributed by atoms with van der Waals surface area (Å²) in [6, 6.07) is 22.8. The SMILES string of the molecule is c1ccc(-c2cc(CN3CCN(c4ccccc4)CC3)on2)cc1. The quantitative estimate of drug-likeness (QED) is 0.734. The van der Waals surface area contributed by atoms with E-state index >= 15 is 0 Å². The second-order valence-corrected chi connectivity index (χ2v) is 6.14. The lowest BCUT2D eigenvalue weighted by atomic mass is 10.1. The fourth-order valence-corrected chi connectivity index (χ4v) is 3.16. The lowest BCUT2D eigenvalue weighted by Gasteiger charge is -2.35. The predicted molar refractivity (Wildman–Crippen MR) is 95.9 cm³/mol.